The molecule has 0 bridgehead atoms. The summed E-state index contributed by atoms with van der Waals surface area (Å²) >= 11 is 3.14. The summed E-state index contributed by atoms with van der Waals surface area (Å²) in [7, 11) is -0.767. The van der Waals surface area contributed by atoms with Crippen LogP contribution >= 0.6 is 15.9 Å². The zero-order chi connectivity index (χ0) is 15.4. The third-order valence-corrected chi connectivity index (χ3v) is 5.25. The maximum Gasteiger partial charge on any atom is 0.336 e. The van der Waals surface area contributed by atoms with Gasteiger partial charge in [-0.2, -0.15) is 0 Å². The van der Waals surface area contributed by atoms with E-state index in [-0.39, 0.29) is 17.6 Å². The molecule has 1 aromatic carbocycles. The van der Waals surface area contributed by atoms with Gasteiger partial charge in [0.1, 0.15) is 0 Å². The predicted octanol–water partition coefficient (Wildman–Crippen LogP) is 2.18. The van der Waals surface area contributed by atoms with Gasteiger partial charge in [0.2, 0.25) is 0 Å². The average molecular weight is 375 g/mol. The maximum atomic E-state index is 11.9. The minimum Gasteiger partial charge on any atom is -0.478 e. The van der Waals surface area contributed by atoms with Crippen molar-refractivity contribution in [2.75, 3.05) is 16.8 Å². The van der Waals surface area contributed by atoms with Crippen LogP contribution in [0.4, 0.5) is 10.5 Å². The van der Waals surface area contributed by atoms with Gasteiger partial charge in [-0.25, -0.2) is 9.59 Å². The summed E-state index contributed by atoms with van der Waals surface area (Å²) in [5, 5.41) is 14.4. The molecule has 1 saturated heterocycles. The van der Waals surface area contributed by atoms with Crippen LogP contribution in [0.3, 0.4) is 0 Å². The highest BCUT2D eigenvalue weighted by molar-refractivity contribution is 9.10. The summed E-state index contributed by atoms with van der Waals surface area (Å²) in [5.41, 5.74) is 0.494. The predicted molar refractivity (Wildman–Crippen MR) is 84.2 cm³/mol. The van der Waals surface area contributed by atoms with E-state index >= 15 is 0 Å². The van der Waals surface area contributed by atoms with Gasteiger partial charge in [-0.1, -0.05) is 0 Å². The van der Waals surface area contributed by atoms with Crippen molar-refractivity contribution in [3.8, 4) is 0 Å². The van der Waals surface area contributed by atoms with E-state index in [9.17, 15) is 13.8 Å². The quantitative estimate of drug-likeness (QED) is 0.755. The zero-order valence-corrected chi connectivity index (χ0v) is 13.5. The Morgan fingerprint density at radius 2 is 1.95 bits per heavy atom. The fourth-order valence-corrected chi connectivity index (χ4v) is 3.77. The fraction of sp³-hybridized carbons (Fsp3) is 0.385. The van der Waals surface area contributed by atoms with Crippen LogP contribution in [0.15, 0.2) is 22.7 Å². The molecule has 1 heterocycles. The van der Waals surface area contributed by atoms with Crippen molar-refractivity contribution >= 4 is 44.4 Å². The van der Waals surface area contributed by atoms with Gasteiger partial charge in [-0.15, -0.1) is 0 Å². The minimum atomic E-state index is -1.07. The molecule has 0 atom stereocenters. The molecule has 6 nitrogen and oxygen atoms in total. The second-order valence-electron chi connectivity index (χ2n) is 4.72. The zero-order valence-electron chi connectivity index (χ0n) is 11.1. The summed E-state index contributed by atoms with van der Waals surface area (Å²) in [6.07, 6.45) is 1.39. The molecule has 114 valence electrons. The van der Waals surface area contributed by atoms with Crippen molar-refractivity contribution in [2.45, 2.75) is 18.9 Å². The normalized spacial score (nSPS) is 21.6. The number of hydrogen-bond acceptors (Lipinski definition) is 3. The number of carboxylic acid groups (broad SMARTS) is 1. The summed E-state index contributed by atoms with van der Waals surface area (Å²) < 4.78 is 11.7. The lowest BCUT2D eigenvalue weighted by molar-refractivity contribution is 0.0696. The molecule has 1 fully saturated rings. The van der Waals surface area contributed by atoms with E-state index in [1.54, 1.807) is 12.1 Å². The number of amides is 2. The number of aromatic carboxylic acids is 1. The molecule has 8 heteroatoms. The molecule has 0 spiro atoms. The number of hydrogen-bond donors (Lipinski definition) is 3. The largest absolute Gasteiger partial charge is 0.478 e. The molecule has 1 aliphatic rings. The van der Waals surface area contributed by atoms with Crippen molar-refractivity contribution in [1.82, 2.24) is 5.32 Å². The first-order valence-electron chi connectivity index (χ1n) is 6.41. The number of carbonyl (C=O) groups excluding carboxylic acids is 1. The van der Waals surface area contributed by atoms with Crippen LogP contribution in [-0.2, 0) is 10.8 Å². The Kier molecular flexibility index (Phi) is 5.35. The first-order valence-corrected chi connectivity index (χ1v) is 8.69. The van der Waals surface area contributed by atoms with Crippen LogP contribution in [0.25, 0.3) is 0 Å². The maximum absolute atomic E-state index is 11.9. The molecule has 3 N–H and O–H groups in total. The molecule has 0 saturated carbocycles. The van der Waals surface area contributed by atoms with Crippen molar-refractivity contribution < 1.29 is 18.9 Å². The molecule has 2 amide bonds. The number of carbonyl (C=O) groups is 2. The van der Waals surface area contributed by atoms with Gasteiger partial charge in [0, 0.05) is 38.5 Å². The van der Waals surface area contributed by atoms with Gasteiger partial charge in [0.05, 0.1) is 5.56 Å². The molecule has 0 aliphatic carbocycles. The molecule has 2 rings (SSSR count). The van der Waals surface area contributed by atoms with E-state index in [2.05, 4.69) is 26.6 Å². The van der Waals surface area contributed by atoms with Crippen LogP contribution in [0.2, 0.25) is 0 Å². The number of rotatable bonds is 3. The smallest absolute Gasteiger partial charge is 0.336 e. The Labute approximate surface area is 132 Å². The summed E-state index contributed by atoms with van der Waals surface area (Å²) in [5.74, 6) is 0.138. The minimum absolute atomic E-state index is 0.0112. The van der Waals surface area contributed by atoms with E-state index in [1.807, 2.05) is 0 Å². The highest BCUT2D eigenvalue weighted by Crippen LogP contribution is 2.21. The van der Waals surface area contributed by atoms with Gasteiger partial charge in [0.25, 0.3) is 0 Å². The monoisotopic (exact) mass is 374 g/mol. The molecular weight excluding hydrogens is 360 g/mol. The number of carboxylic acids is 1. The number of anilines is 1. The van der Waals surface area contributed by atoms with Crippen molar-refractivity contribution in [1.29, 1.82) is 0 Å². The fourth-order valence-electron chi connectivity index (χ4n) is 2.06. The summed E-state index contributed by atoms with van der Waals surface area (Å²) in [6.45, 7) is 0. The van der Waals surface area contributed by atoms with E-state index in [0.29, 0.717) is 34.5 Å². The van der Waals surface area contributed by atoms with Gasteiger partial charge in [0.15, 0.2) is 0 Å². The molecule has 0 radical (unpaired) electrons. The third kappa shape index (κ3) is 4.53. The van der Waals surface area contributed by atoms with Crippen LogP contribution in [0.5, 0.6) is 0 Å². The lowest BCUT2D eigenvalue weighted by Crippen LogP contribution is -2.41. The van der Waals surface area contributed by atoms with Crippen LogP contribution in [0, 0.1) is 0 Å². The standard InChI is InChI=1S/C13H15BrN2O4S/c14-11-2-1-9(7-10(11)12(17)18)16-13(19)15-8-3-5-21(20)6-4-8/h1-2,7-8H,3-6H2,(H,17,18)(H2,15,16,19). The third-order valence-electron chi connectivity index (χ3n) is 3.18. The summed E-state index contributed by atoms with van der Waals surface area (Å²) in [4.78, 5) is 22.9. The molecule has 1 aromatic rings. The number of halogens is 1. The summed E-state index contributed by atoms with van der Waals surface area (Å²) in [6, 6.07) is 4.21. The molecule has 1 aliphatic heterocycles. The Hall–Kier alpha value is -1.41. The van der Waals surface area contributed by atoms with Crippen LogP contribution in [0.1, 0.15) is 23.2 Å². The first-order chi connectivity index (χ1) is 9.95. The van der Waals surface area contributed by atoms with Gasteiger partial charge in [-0.05, 0) is 47.0 Å². The average Bonchev–Trinajstić information content (AvgIpc) is 2.43. The number of nitrogens with one attached hydrogen (secondary N) is 2. The second kappa shape index (κ2) is 7.04. The Bertz CT molecular complexity index is 584. The topological polar surface area (TPSA) is 95.5 Å². The SMILES string of the molecule is O=C(Nc1ccc(Br)c(C(=O)O)c1)NC1CCS(=O)CC1. The van der Waals surface area contributed by atoms with Gasteiger partial charge < -0.3 is 15.7 Å². The second-order valence-corrected chi connectivity index (χ2v) is 7.27. The van der Waals surface area contributed by atoms with E-state index in [0.717, 1.165) is 0 Å². The van der Waals surface area contributed by atoms with Gasteiger partial charge in [-0.3, -0.25) is 4.21 Å². The highest BCUT2D eigenvalue weighted by Gasteiger charge is 2.19. The number of urea groups is 1. The molecular formula is C13H15BrN2O4S. The van der Waals surface area contributed by atoms with E-state index in [1.165, 1.54) is 6.07 Å². The highest BCUT2D eigenvalue weighted by atomic mass is 79.9. The number of benzene rings is 1. The Balaban J connectivity index is 1.95. The van der Waals surface area contributed by atoms with E-state index < -0.39 is 16.8 Å². The van der Waals surface area contributed by atoms with E-state index in [4.69, 9.17) is 5.11 Å². The van der Waals surface area contributed by atoms with Crippen molar-refractivity contribution in [3.05, 3.63) is 28.2 Å². The van der Waals surface area contributed by atoms with Crippen molar-refractivity contribution in [3.63, 3.8) is 0 Å². The molecule has 21 heavy (non-hydrogen) atoms. The van der Waals surface area contributed by atoms with Gasteiger partial charge >= 0.3 is 12.0 Å². The Morgan fingerprint density at radius 1 is 1.29 bits per heavy atom. The first kappa shape index (κ1) is 16.0. The lowest BCUT2D eigenvalue weighted by Gasteiger charge is -2.22. The van der Waals surface area contributed by atoms with Crippen LogP contribution in [-0.4, -0.2) is 38.9 Å². The molecule has 0 unspecified atom stereocenters. The lowest BCUT2D eigenvalue weighted by atomic mass is 10.1. The Morgan fingerprint density at radius 3 is 2.57 bits per heavy atom. The van der Waals surface area contributed by atoms with Crippen LogP contribution < -0.4 is 10.6 Å². The molecule has 0 aromatic heterocycles. The van der Waals surface area contributed by atoms with Crippen molar-refractivity contribution in [2.24, 2.45) is 0 Å².